The monoisotopic (exact) mass is 394 g/mol. The molecule has 3 aromatic rings. The average Bonchev–Trinajstić information content (AvgIpc) is 3.22. The van der Waals surface area contributed by atoms with Gasteiger partial charge >= 0.3 is 5.97 Å². The summed E-state index contributed by atoms with van der Waals surface area (Å²) in [5.41, 5.74) is 6.93. The van der Waals surface area contributed by atoms with Crippen LogP contribution >= 0.6 is 0 Å². The molecule has 0 aliphatic carbocycles. The quantitative estimate of drug-likeness (QED) is 0.692. The van der Waals surface area contributed by atoms with Crippen molar-refractivity contribution in [2.75, 3.05) is 13.2 Å². The first kappa shape index (κ1) is 19.2. The van der Waals surface area contributed by atoms with Crippen LogP contribution in [-0.2, 0) is 24.8 Å². The van der Waals surface area contributed by atoms with E-state index in [1.165, 1.54) is 0 Å². The van der Waals surface area contributed by atoms with Crippen LogP contribution in [0.5, 0.6) is 0 Å². The van der Waals surface area contributed by atoms with E-state index in [-0.39, 0.29) is 5.91 Å². The zero-order chi connectivity index (χ0) is 20.9. The molecule has 0 atom stereocenters. The lowest BCUT2D eigenvalue weighted by Crippen LogP contribution is -2.37. The van der Waals surface area contributed by atoms with Gasteiger partial charge in [0.05, 0.1) is 13.2 Å². The van der Waals surface area contributed by atoms with E-state index in [0.29, 0.717) is 37.5 Å². The predicted octanol–water partition coefficient (Wildman–Crippen LogP) is 3.20. The summed E-state index contributed by atoms with van der Waals surface area (Å²) >= 11 is 0. The third kappa shape index (κ3) is 3.01. The number of ether oxygens (including phenoxy) is 1. The molecule has 0 bridgehead atoms. The molecule has 0 saturated carbocycles. The number of nitrogens with zero attached hydrogens (tertiary/aromatic N) is 3. The lowest BCUT2D eigenvalue weighted by atomic mass is 10.0. The number of esters is 1. The maximum Gasteiger partial charge on any atom is 0.359 e. The van der Waals surface area contributed by atoms with Gasteiger partial charge in [0, 0.05) is 42.2 Å². The number of hydrogen-bond donors (Lipinski definition) is 1. The molecular weight excluding hydrogens is 368 g/mol. The molecule has 4 rings (SSSR count). The van der Waals surface area contributed by atoms with E-state index < -0.39 is 5.97 Å². The second-order valence-electron chi connectivity index (χ2n) is 7.67. The Morgan fingerprint density at radius 3 is 2.62 bits per heavy atom. The molecule has 0 spiro atoms. The van der Waals surface area contributed by atoms with Gasteiger partial charge in [0.1, 0.15) is 5.69 Å². The molecule has 1 aromatic carbocycles. The zero-order valence-corrected chi connectivity index (χ0v) is 17.5. The molecule has 2 aromatic heterocycles. The number of fused-ring (bicyclic) bond motifs is 2. The van der Waals surface area contributed by atoms with E-state index in [1.54, 1.807) is 16.5 Å². The Balaban J connectivity index is 1.70. The van der Waals surface area contributed by atoms with Gasteiger partial charge in [-0.25, -0.2) is 4.79 Å². The Morgan fingerprint density at radius 1 is 1.21 bits per heavy atom. The third-order valence-electron chi connectivity index (χ3n) is 5.83. The van der Waals surface area contributed by atoms with E-state index in [1.807, 2.05) is 20.9 Å². The number of amides is 1. The molecule has 1 aliphatic rings. The number of carbonyl (C=O) groups excluding carboxylic acids is 2. The van der Waals surface area contributed by atoms with Crippen LogP contribution in [0.15, 0.2) is 12.1 Å². The highest BCUT2D eigenvalue weighted by Gasteiger charge is 2.31. The highest BCUT2D eigenvalue weighted by molar-refractivity contribution is 6.02. The molecule has 152 valence electrons. The number of aromatic amines is 1. The molecule has 7 heteroatoms. The van der Waals surface area contributed by atoms with Crippen molar-refractivity contribution < 1.29 is 14.3 Å². The van der Waals surface area contributed by atoms with Gasteiger partial charge in [-0.1, -0.05) is 12.1 Å². The van der Waals surface area contributed by atoms with Crippen molar-refractivity contribution in [1.82, 2.24) is 19.7 Å². The first-order valence-electron chi connectivity index (χ1n) is 9.93. The largest absolute Gasteiger partial charge is 0.461 e. The summed E-state index contributed by atoms with van der Waals surface area (Å²) in [6.45, 7) is 9.09. The van der Waals surface area contributed by atoms with E-state index in [9.17, 15) is 9.59 Å². The van der Waals surface area contributed by atoms with Crippen LogP contribution in [-0.4, -0.2) is 44.7 Å². The summed E-state index contributed by atoms with van der Waals surface area (Å²) < 4.78 is 6.88. The van der Waals surface area contributed by atoms with Crippen molar-refractivity contribution in [2.45, 2.75) is 40.7 Å². The van der Waals surface area contributed by atoms with Crippen LogP contribution in [0.4, 0.5) is 0 Å². The van der Waals surface area contributed by atoms with Gasteiger partial charge < -0.3 is 14.6 Å². The minimum atomic E-state index is -0.438. The van der Waals surface area contributed by atoms with Crippen molar-refractivity contribution in [1.29, 1.82) is 0 Å². The van der Waals surface area contributed by atoms with Crippen molar-refractivity contribution >= 4 is 22.8 Å². The molecule has 0 saturated heterocycles. The third-order valence-corrected chi connectivity index (χ3v) is 5.83. The fourth-order valence-electron chi connectivity index (χ4n) is 4.30. The second kappa shape index (κ2) is 7.06. The lowest BCUT2D eigenvalue weighted by Gasteiger charge is -2.27. The van der Waals surface area contributed by atoms with E-state index in [2.05, 4.69) is 29.1 Å². The number of H-pyrrole nitrogens is 1. The highest BCUT2D eigenvalue weighted by atomic mass is 16.5. The van der Waals surface area contributed by atoms with Crippen LogP contribution in [0.25, 0.3) is 10.9 Å². The van der Waals surface area contributed by atoms with Gasteiger partial charge in [0.25, 0.3) is 5.91 Å². The van der Waals surface area contributed by atoms with Gasteiger partial charge in [-0.15, -0.1) is 0 Å². The van der Waals surface area contributed by atoms with E-state index in [0.717, 1.165) is 38.9 Å². The van der Waals surface area contributed by atoms with E-state index >= 15 is 0 Å². The van der Waals surface area contributed by atoms with Crippen molar-refractivity contribution in [2.24, 2.45) is 7.05 Å². The normalized spacial score (nSPS) is 13.6. The van der Waals surface area contributed by atoms with Crippen LogP contribution < -0.4 is 0 Å². The number of aryl methyl sites for hydroxylation is 4. The first-order valence-corrected chi connectivity index (χ1v) is 9.93. The highest BCUT2D eigenvalue weighted by Crippen LogP contribution is 2.30. The van der Waals surface area contributed by atoms with Gasteiger partial charge in [-0.3, -0.25) is 9.48 Å². The minimum Gasteiger partial charge on any atom is -0.461 e. The maximum absolute atomic E-state index is 13.4. The van der Waals surface area contributed by atoms with Gasteiger partial charge in [-0.2, -0.15) is 5.10 Å². The molecule has 1 amide bonds. The van der Waals surface area contributed by atoms with Crippen molar-refractivity contribution in [3.63, 3.8) is 0 Å². The number of benzene rings is 1. The van der Waals surface area contributed by atoms with Crippen LogP contribution in [0.1, 0.15) is 55.8 Å². The van der Waals surface area contributed by atoms with Crippen molar-refractivity contribution in [3.8, 4) is 0 Å². The fourth-order valence-corrected chi connectivity index (χ4v) is 4.30. The van der Waals surface area contributed by atoms with Crippen LogP contribution in [0.2, 0.25) is 0 Å². The number of hydrogen-bond acceptors (Lipinski definition) is 4. The topological polar surface area (TPSA) is 80.2 Å². The molecule has 0 fully saturated rings. The summed E-state index contributed by atoms with van der Waals surface area (Å²) in [4.78, 5) is 30.8. The summed E-state index contributed by atoms with van der Waals surface area (Å²) in [6.07, 6.45) is 0.654. The average molecular weight is 394 g/mol. The summed E-state index contributed by atoms with van der Waals surface area (Å²) in [6, 6.07) is 4.15. The molecule has 3 heterocycles. The fraction of sp³-hybridized carbons (Fsp3) is 0.409. The molecular formula is C22H26N4O3. The molecule has 0 unspecified atom stereocenters. The Labute approximate surface area is 169 Å². The summed E-state index contributed by atoms with van der Waals surface area (Å²) in [7, 11) is 1.83. The predicted molar refractivity (Wildman–Crippen MR) is 110 cm³/mol. The number of nitrogens with one attached hydrogen (secondary N) is 1. The van der Waals surface area contributed by atoms with Crippen LogP contribution in [0, 0.1) is 20.8 Å². The number of rotatable bonds is 3. The first-order chi connectivity index (χ1) is 13.8. The summed E-state index contributed by atoms with van der Waals surface area (Å²) in [5, 5.41) is 5.46. The summed E-state index contributed by atoms with van der Waals surface area (Å²) in [5.74, 6) is -0.492. The number of aromatic nitrogens is 3. The zero-order valence-electron chi connectivity index (χ0n) is 17.5. The smallest absolute Gasteiger partial charge is 0.359 e. The number of carbonyl (C=O) groups is 2. The SMILES string of the molecule is CCOC(=O)c1nn(C)c2c1CN(C(=O)c1[nH]c3c(C)ccc(C)c3c1C)CC2. The molecule has 0 radical (unpaired) electrons. The molecule has 1 N–H and O–H groups in total. The standard InChI is InChI=1S/C22H26N4O3/c1-6-29-22(28)20-15-11-26(10-9-16(15)25(5)24-20)21(27)19-14(4)17-12(2)7-8-13(3)18(17)23-19/h7-8,23H,6,9-11H2,1-5H3. The van der Waals surface area contributed by atoms with Gasteiger partial charge in [0.15, 0.2) is 5.69 Å². The second-order valence-corrected chi connectivity index (χ2v) is 7.67. The maximum atomic E-state index is 13.4. The van der Waals surface area contributed by atoms with Crippen LogP contribution in [0.3, 0.4) is 0 Å². The Kier molecular flexibility index (Phi) is 4.68. The minimum absolute atomic E-state index is 0.0539. The molecule has 7 nitrogen and oxygen atoms in total. The van der Waals surface area contributed by atoms with Gasteiger partial charge in [-0.05, 0) is 44.4 Å². The molecule has 1 aliphatic heterocycles. The van der Waals surface area contributed by atoms with Gasteiger partial charge in [0.2, 0.25) is 0 Å². The Hall–Kier alpha value is -3.09. The Bertz CT molecular complexity index is 1140. The van der Waals surface area contributed by atoms with E-state index in [4.69, 9.17) is 4.74 Å². The van der Waals surface area contributed by atoms with Crippen molar-refractivity contribution in [3.05, 3.63) is 51.5 Å². The lowest BCUT2D eigenvalue weighted by molar-refractivity contribution is 0.0513. The Morgan fingerprint density at radius 2 is 1.93 bits per heavy atom. The molecule has 29 heavy (non-hydrogen) atoms.